The van der Waals surface area contributed by atoms with Gasteiger partial charge in [0.15, 0.2) is 10.1 Å². The van der Waals surface area contributed by atoms with Crippen molar-refractivity contribution < 1.29 is 9.72 Å². The molecule has 0 saturated heterocycles. The number of fused-ring (bicyclic) bond motifs is 1. The highest BCUT2D eigenvalue weighted by Gasteiger charge is 2.18. The molecule has 0 fully saturated rings. The Morgan fingerprint density at radius 2 is 2.08 bits per heavy atom. The van der Waals surface area contributed by atoms with Gasteiger partial charge in [-0.2, -0.15) is 0 Å². The molecule has 0 aliphatic heterocycles. The van der Waals surface area contributed by atoms with Crippen LogP contribution in [0, 0.1) is 17.0 Å². The largest absolute Gasteiger partial charge is 0.345 e. The summed E-state index contributed by atoms with van der Waals surface area (Å²) in [6, 6.07) is 7.98. The highest BCUT2D eigenvalue weighted by molar-refractivity contribution is 7.18. The summed E-state index contributed by atoms with van der Waals surface area (Å²) in [5, 5.41) is 15.1. The van der Waals surface area contributed by atoms with Crippen LogP contribution in [0.5, 0.6) is 0 Å². The molecule has 1 amide bonds. The zero-order valence-corrected chi connectivity index (χ0v) is 15.0. The molecule has 0 spiro atoms. The maximum atomic E-state index is 12.5. The predicted molar refractivity (Wildman–Crippen MR) is 100.0 cm³/mol. The summed E-state index contributed by atoms with van der Waals surface area (Å²) in [5.41, 5.74) is 3.30. The standard InChI is InChI=1S/C16H11N5O3S2/c1-9-2-4-10(5-3-9)11-7-20-12(8-25-16(20)18-11)14(22)19-15-17-6-13(26-15)21(23)24/h2-8H,1H3,(H,17,19,22). The molecule has 10 heteroatoms. The number of thiazole rings is 2. The molecule has 4 rings (SSSR count). The van der Waals surface area contributed by atoms with Crippen molar-refractivity contribution in [3.8, 4) is 11.3 Å². The third-order valence-electron chi connectivity index (χ3n) is 3.68. The molecule has 0 radical (unpaired) electrons. The van der Waals surface area contributed by atoms with E-state index >= 15 is 0 Å². The number of amides is 1. The number of carbonyl (C=O) groups is 1. The normalized spacial score (nSPS) is 11.0. The van der Waals surface area contributed by atoms with E-state index in [1.165, 1.54) is 11.3 Å². The van der Waals surface area contributed by atoms with E-state index in [2.05, 4.69) is 15.3 Å². The number of nitrogens with zero attached hydrogens (tertiary/aromatic N) is 4. The van der Waals surface area contributed by atoms with Gasteiger partial charge in [0.1, 0.15) is 11.9 Å². The molecule has 4 aromatic rings. The number of aryl methyl sites for hydroxylation is 1. The molecule has 3 aromatic heterocycles. The first-order valence-electron chi connectivity index (χ1n) is 7.46. The van der Waals surface area contributed by atoms with Crippen molar-refractivity contribution in [2.24, 2.45) is 0 Å². The molecule has 0 saturated carbocycles. The quantitative estimate of drug-likeness (QED) is 0.423. The van der Waals surface area contributed by atoms with Crippen molar-refractivity contribution >= 4 is 43.7 Å². The maximum Gasteiger partial charge on any atom is 0.345 e. The van der Waals surface area contributed by atoms with Gasteiger partial charge in [-0.15, -0.1) is 11.3 Å². The van der Waals surface area contributed by atoms with Gasteiger partial charge in [0.25, 0.3) is 5.91 Å². The van der Waals surface area contributed by atoms with E-state index in [0.717, 1.165) is 34.4 Å². The molecule has 0 aliphatic carbocycles. The van der Waals surface area contributed by atoms with Crippen molar-refractivity contribution in [2.75, 3.05) is 5.32 Å². The highest BCUT2D eigenvalue weighted by atomic mass is 32.1. The monoisotopic (exact) mass is 385 g/mol. The van der Waals surface area contributed by atoms with Crippen LogP contribution in [0.3, 0.4) is 0 Å². The Balaban J connectivity index is 1.62. The average molecular weight is 385 g/mol. The molecule has 130 valence electrons. The molecule has 3 heterocycles. The Hall–Kier alpha value is -3.11. The second kappa shape index (κ2) is 6.32. The van der Waals surface area contributed by atoms with Gasteiger partial charge in [0.2, 0.25) is 0 Å². The lowest BCUT2D eigenvalue weighted by Crippen LogP contribution is -2.13. The Bertz CT molecular complexity index is 1130. The van der Waals surface area contributed by atoms with Gasteiger partial charge < -0.3 is 0 Å². The van der Waals surface area contributed by atoms with E-state index < -0.39 is 10.8 Å². The molecule has 1 aromatic carbocycles. The van der Waals surface area contributed by atoms with Gasteiger partial charge in [0, 0.05) is 17.1 Å². The minimum absolute atomic E-state index is 0.125. The molecular weight excluding hydrogens is 374 g/mol. The van der Waals surface area contributed by atoms with E-state index in [4.69, 9.17) is 0 Å². The zero-order valence-electron chi connectivity index (χ0n) is 13.4. The van der Waals surface area contributed by atoms with E-state index in [0.29, 0.717) is 10.7 Å². The number of carbonyl (C=O) groups excluding carboxylic acids is 1. The fourth-order valence-electron chi connectivity index (χ4n) is 2.38. The van der Waals surface area contributed by atoms with Gasteiger partial charge in [0.05, 0.1) is 10.6 Å². The summed E-state index contributed by atoms with van der Waals surface area (Å²) in [6.07, 6.45) is 2.92. The molecule has 0 unspecified atom stereocenters. The number of hydrogen-bond acceptors (Lipinski definition) is 7. The molecule has 1 N–H and O–H groups in total. The Morgan fingerprint density at radius 1 is 1.31 bits per heavy atom. The molecule has 8 nitrogen and oxygen atoms in total. The lowest BCUT2D eigenvalue weighted by atomic mass is 10.1. The SMILES string of the molecule is Cc1ccc(-c2cn3c(C(=O)Nc4ncc([N+](=O)[O-])s4)csc3n2)cc1. The summed E-state index contributed by atoms with van der Waals surface area (Å²) in [6.45, 7) is 2.01. The minimum Gasteiger partial charge on any atom is -0.296 e. The van der Waals surface area contributed by atoms with Gasteiger partial charge in [-0.05, 0) is 18.3 Å². The Kier molecular flexibility index (Phi) is 3.98. The van der Waals surface area contributed by atoms with Crippen LogP contribution in [-0.4, -0.2) is 25.2 Å². The van der Waals surface area contributed by atoms with Crippen LogP contribution >= 0.6 is 22.7 Å². The van der Waals surface area contributed by atoms with Gasteiger partial charge in [-0.1, -0.05) is 29.8 Å². The fraction of sp³-hybridized carbons (Fsp3) is 0.0625. The number of imidazole rings is 1. The number of nitrogens with one attached hydrogen (secondary N) is 1. The van der Waals surface area contributed by atoms with Crippen molar-refractivity contribution in [3.05, 3.63) is 63.4 Å². The topological polar surface area (TPSA) is 102 Å². The van der Waals surface area contributed by atoms with Crippen molar-refractivity contribution in [1.29, 1.82) is 0 Å². The average Bonchev–Trinajstić information content (AvgIpc) is 3.30. The number of benzene rings is 1. The fourth-order valence-corrected chi connectivity index (χ4v) is 3.86. The minimum atomic E-state index is -0.542. The summed E-state index contributed by atoms with van der Waals surface area (Å²) in [4.78, 5) is 31.8. The number of anilines is 1. The maximum absolute atomic E-state index is 12.5. The van der Waals surface area contributed by atoms with E-state index in [1.54, 1.807) is 16.0 Å². The van der Waals surface area contributed by atoms with E-state index in [1.807, 2.05) is 31.2 Å². The van der Waals surface area contributed by atoms with Gasteiger partial charge >= 0.3 is 5.00 Å². The molecule has 0 bridgehead atoms. The molecule has 0 atom stereocenters. The number of nitro groups is 1. The number of hydrogen-bond donors (Lipinski definition) is 1. The van der Waals surface area contributed by atoms with E-state index in [9.17, 15) is 14.9 Å². The summed E-state index contributed by atoms with van der Waals surface area (Å²) in [5.74, 6) is -0.395. The lowest BCUT2D eigenvalue weighted by Gasteiger charge is -1.99. The van der Waals surface area contributed by atoms with Gasteiger partial charge in [-0.25, -0.2) is 9.97 Å². The highest BCUT2D eigenvalue weighted by Crippen LogP contribution is 2.27. The first-order valence-corrected chi connectivity index (χ1v) is 9.16. The van der Waals surface area contributed by atoms with Crippen molar-refractivity contribution in [1.82, 2.24) is 14.4 Å². The summed E-state index contributed by atoms with van der Waals surface area (Å²) < 4.78 is 1.71. The van der Waals surface area contributed by atoms with Crippen LogP contribution in [0.4, 0.5) is 10.1 Å². The van der Waals surface area contributed by atoms with Crippen LogP contribution in [0.15, 0.2) is 42.0 Å². The second-order valence-corrected chi connectivity index (χ2v) is 7.33. The molecule has 0 aliphatic rings. The molecule has 26 heavy (non-hydrogen) atoms. The first-order chi connectivity index (χ1) is 12.5. The van der Waals surface area contributed by atoms with Crippen LogP contribution in [0.1, 0.15) is 16.1 Å². The third-order valence-corrected chi connectivity index (χ3v) is 5.39. The van der Waals surface area contributed by atoms with Crippen LogP contribution < -0.4 is 5.32 Å². The number of aromatic nitrogens is 3. The Morgan fingerprint density at radius 3 is 2.77 bits per heavy atom. The summed E-state index contributed by atoms with van der Waals surface area (Å²) >= 11 is 2.16. The smallest absolute Gasteiger partial charge is 0.296 e. The van der Waals surface area contributed by atoms with E-state index in [-0.39, 0.29) is 10.1 Å². The lowest BCUT2D eigenvalue weighted by molar-refractivity contribution is -0.380. The van der Waals surface area contributed by atoms with Crippen LogP contribution in [-0.2, 0) is 0 Å². The van der Waals surface area contributed by atoms with Crippen molar-refractivity contribution in [2.45, 2.75) is 6.92 Å². The molecular formula is C16H11N5O3S2. The first kappa shape index (κ1) is 16.4. The zero-order chi connectivity index (χ0) is 18.3. The number of rotatable bonds is 4. The van der Waals surface area contributed by atoms with Crippen LogP contribution in [0.2, 0.25) is 0 Å². The third kappa shape index (κ3) is 2.95. The van der Waals surface area contributed by atoms with Gasteiger partial charge in [-0.3, -0.25) is 24.6 Å². The second-order valence-electron chi connectivity index (χ2n) is 5.48. The predicted octanol–water partition coefficient (Wildman–Crippen LogP) is 3.99. The van der Waals surface area contributed by atoms with Crippen molar-refractivity contribution in [3.63, 3.8) is 0 Å². The Labute approximate surface area is 154 Å². The summed E-state index contributed by atoms with van der Waals surface area (Å²) in [7, 11) is 0. The van der Waals surface area contributed by atoms with Crippen LogP contribution in [0.25, 0.3) is 16.2 Å².